The Bertz CT molecular complexity index is 685. The van der Waals surface area contributed by atoms with E-state index in [2.05, 4.69) is 16.9 Å². The molecule has 0 bridgehead atoms. The first-order valence-corrected chi connectivity index (χ1v) is 5.67. The fourth-order valence-corrected chi connectivity index (χ4v) is 1.62. The number of halogens is 4. The Morgan fingerprint density at radius 3 is 2.25 bits per heavy atom. The molecule has 0 aliphatic rings. The van der Waals surface area contributed by atoms with E-state index in [9.17, 15) is 17.6 Å². The number of aromatic nitrogens is 2. The second kappa shape index (κ2) is 5.00. The predicted octanol–water partition coefficient (Wildman–Crippen LogP) is 3.29. The van der Waals surface area contributed by atoms with Gasteiger partial charge in [-0.25, -0.2) is 4.39 Å². The van der Waals surface area contributed by atoms with E-state index in [-0.39, 0.29) is 5.56 Å². The highest BCUT2D eigenvalue weighted by atomic mass is 19.4. The number of aryl methyl sites for hydroxylation is 1. The summed E-state index contributed by atoms with van der Waals surface area (Å²) >= 11 is 0. The van der Waals surface area contributed by atoms with Gasteiger partial charge in [-0.2, -0.15) is 18.3 Å². The summed E-state index contributed by atoms with van der Waals surface area (Å²) in [5, 5.41) is 3.44. The first-order chi connectivity index (χ1) is 9.29. The summed E-state index contributed by atoms with van der Waals surface area (Å²) in [6, 6.07) is 5.21. The number of hydrogen-bond acceptors (Lipinski definition) is 1. The van der Waals surface area contributed by atoms with Gasteiger partial charge in [0.25, 0.3) is 0 Å². The third-order valence-electron chi connectivity index (χ3n) is 2.78. The Kier molecular flexibility index (Phi) is 3.53. The van der Waals surface area contributed by atoms with Crippen molar-refractivity contribution in [2.75, 3.05) is 0 Å². The van der Waals surface area contributed by atoms with Gasteiger partial charge in [0.2, 0.25) is 0 Å². The summed E-state index contributed by atoms with van der Waals surface area (Å²) in [4.78, 5) is 0. The van der Waals surface area contributed by atoms with Crippen LogP contribution in [0.15, 0.2) is 24.3 Å². The zero-order chi connectivity index (χ0) is 14.9. The molecule has 0 N–H and O–H groups in total. The van der Waals surface area contributed by atoms with E-state index in [4.69, 9.17) is 0 Å². The van der Waals surface area contributed by atoms with E-state index < -0.39 is 17.7 Å². The maximum atomic E-state index is 12.8. The lowest BCUT2D eigenvalue weighted by molar-refractivity contribution is -0.141. The SMILES string of the molecule is Cc1c(C#Cc2ccc(F)cc2)c(C(F)(F)F)nn1C. The molecule has 0 aliphatic heterocycles. The molecule has 104 valence electrons. The van der Waals surface area contributed by atoms with Crippen LogP contribution in [-0.2, 0) is 13.2 Å². The quantitative estimate of drug-likeness (QED) is 0.535. The van der Waals surface area contributed by atoms with Crippen molar-refractivity contribution in [3.63, 3.8) is 0 Å². The van der Waals surface area contributed by atoms with Crippen LogP contribution >= 0.6 is 0 Å². The Labute approximate surface area is 113 Å². The van der Waals surface area contributed by atoms with Crippen LogP contribution in [0.4, 0.5) is 17.6 Å². The third-order valence-corrected chi connectivity index (χ3v) is 2.78. The minimum Gasteiger partial charge on any atom is -0.271 e. The van der Waals surface area contributed by atoms with Gasteiger partial charge in [-0.1, -0.05) is 11.8 Å². The van der Waals surface area contributed by atoms with Crippen molar-refractivity contribution in [2.45, 2.75) is 13.1 Å². The highest BCUT2D eigenvalue weighted by Crippen LogP contribution is 2.31. The lowest BCUT2D eigenvalue weighted by atomic mass is 10.1. The predicted molar refractivity (Wildman–Crippen MR) is 65.3 cm³/mol. The molecule has 20 heavy (non-hydrogen) atoms. The zero-order valence-electron chi connectivity index (χ0n) is 10.7. The van der Waals surface area contributed by atoms with Crippen molar-refractivity contribution in [2.24, 2.45) is 7.05 Å². The molecule has 1 aromatic heterocycles. The minimum atomic E-state index is -4.56. The largest absolute Gasteiger partial charge is 0.436 e. The van der Waals surface area contributed by atoms with Gasteiger partial charge in [0.05, 0.1) is 11.3 Å². The smallest absolute Gasteiger partial charge is 0.271 e. The van der Waals surface area contributed by atoms with Crippen LogP contribution in [0, 0.1) is 24.6 Å². The molecule has 6 heteroatoms. The summed E-state index contributed by atoms with van der Waals surface area (Å²) in [6.45, 7) is 1.51. The lowest BCUT2D eigenvalue weighted by Crippen LogP contribution is -2.08. The maximum Gasteiger partial charge on any atom is 0.436 e. The van der Waals surface area contributed by atoms with Crippen LogP contribution < -0.4 is 0 Å². The molecule has 0 atom stereocenters. The molecule has 0 fully saturated rings. The summed E-state index contributed by atoms with van der Waals surface area (Å²) in [5.41, 5.74) is -0.411. The van der Waals surface area contributed by atoms with Crippen LogP contribution in [0.2, 0.25) is 0 Å². The molecule has 0 saturated heterocycles. The van der Waals surface area contributed by atoms with E-state index in [0.717, 1.165) is 4.68 Å². The Balaban J connectivity index is 2.47. The number of hydrogen-bond donors (Lipinski definition) is 0. The van der Waals surface area contributed by atoms with Crippen LogP contribution in [0.25, 0.3) is 0 Å². The molecule has 2 nitrogen and oxygen atoms in total. The first kappa shape index (κ1) is 14.1. The molecule has 0 saturated carbocycles. The fourth-order valence-electron chi connectivity index (χ4n) is 1.62. The second-order valence-electron chi connectivity index (χ2n) is 4.19. The number of nitrogens with zero attached hydrogens (tertiary/aromatic N) is 2. The van der Waals surface area contributed by atoms with Gasteiger partial charge >= 0.3 is 6.18 Å². The molecule has 0 amide bonds. The Morgan fingerprint density at radius 1 is 1.10 bits per heavy atom. The van der Waals surface area contributed by atoms with Crippen molar-refractivity contribution in [1.29, 1.82) is 0 Å². The number of rotatable bonds is 0. The summed E-state index contributed by atoms with van der Waals surface area (Å²) in [6.07, 6.45) is -4.56. The van der Waals surface area contributed by atoms with Crippen molar-refractivity contribution < 1.29 is 17.6 Å². The van der Waals surface area contributed by atoms with Gasteiger partial charge in [0.15, 0.2) is 5.69 Å². The Morgan fingerprint density at radius 2 is 1.70 bits per heavy atom. The van der Waals surface area contributed by atoms with Gasteiger partial charge in [0, 0.05) is 12.6 Å². The van der Waals surface area contributed by atoms with Gasteiger partial charge in [0.1, 0.15) is 5.82 Å². The third kappa shape index (κ3) is 2.82. The van der Waals surface area contributed by atoms with Gasteiger partial charge in [-0.3, -0.25) is 4.68 Å². The van der Waals surface area contributed by atoms with Crippen molar-refractivity contribution in [1.82, 2.24) is 9.78 Å². The number of alkyl halides is 3. The molecule has 2 aromatic rings. The highest BCUT2D eigenvalue weighted by molar-refractivity contribution is 5.47. The second-order valence-corrected chi connectivity index (χ2v) is 4.19. The van der Waals surface area contributed by atoms with Gasteiger partial charge in [-0.05, 0) is 31.2 Å². The van der Waals surface area contributed by atoms with Crippen molar-refractivity contribution in [3.05, 3.63) is 52.6 Å². The van der Waals surface area contributed by atoms with Crippen LogP contribution in [-0.4, -0.2) is 9.78 Å². The topological polar surface area (TPSA) is 17.8 Å². The molecular weight excluding hydrogens is 272 g/mol. The van der Waals surface area contributed by atoms with Gasteiger partial charge in [-0.15, -0.1) is 0 Å². The molecule has 0 radical (unpaired) electrons. The normalized spacial score (nSPS) is 11.1. The Hall–Kier alpha value is -2.29. The average Bonchev–Trinajstić information content (AvgIpc) is 2.65. The summed E-state index contributed by atoms with van der Waals surface area (Å²) in [5.74, 6) is 4.63. The van der Waals surface area contributed by atoms with Crippen molar-refractivity contribution >= 4 is 0 Å². The van der Waals surface area contributed by atoms with E-state index in [1.54, 1.807) is 0 Å². The highest BCUT2D eigenvalue weighted by Gasteiger charge is 2.37. The van der Waals surface area contributed by atoms with E-state index >= 15 is 0 Å². The lowest BCUT2D eigenvalue weighted by Gasteiger charge is -2.01. The number of benzene rings is 1. The molecule has 0 unspecified atom stereocenters. The summed E-state index contributed by atoms with van der Waals surface area (Å²) in [7, 11) is 1.42. The van der Waals surface area contributed by atoms with Crippen LogP contribution in [0.1, 0.15) is 22.5 Å². The van der Waals surface area contributed by atoms with E-state index in [1.807, 2.05) is 0 Å². The van der Waals surface area contributed by atoms with Crippen LogP contribution in [0.5, 0.6) is 0 Å². The fraction of sp³-hybridized carbons (Fsp3) is 0.214. The molecule has 0 spiro atoms. The minimum absolute atomic E-state index is 0.163. The molecule has 0 aliphatic carbocycles. The average molecular weight is 282 g/mol. The standard InChI is InChI=1S/C14H10F4N2/c1-9-12(13(14(16,17)18)19-20(9)2)8-5-10-3-6-11(15)7-4-10/h3-4,6-7H,1-2H3. The maximum absolute atomic E-state index is 12.8. The molecule has 1 aromatic carbocycles. The zero-order valence-corrected chi connectivity index (χ0v) is 10.7. The molecule has 2 rings (SSSR count). The van der Waals surface area contributed by atoms with Gasteiger partial charge < -0.3 is 0 Å². The van der Waals surface area contributed by atoms with Crippen molar-refractivity contribution in [3.8, 4) is 11.8 Å². The van der Waals surface area contributed by atoms with E-state index in [1.165, 1.54) is 38.2 Å². The van der Waals surface area contributed by atoms with Crippen LogP contribution in [0.3, 0.4) is 0 Å². The first-order valence-electron chi connectivity index (χ1n) is 5.67. The molecular formula is C14H10F4N2. The monoisotopic (exact) mass is 282 g/mol. The van der Waals surface area contributed by atoms with E-state index in [0.29, 0.717) is 11.3 Å². The molecule has 1 heterocycles. The summed E-state index contributed by atoms with van der Waals surface area (Å²) < 4.78 is 52.3.